The number of imidazole rings is 1. The third-order valence-electron chi connectivity index (χ3n) is 3.28. The van der Waals surface area contributed by atoms with Gasteiger partial charge in [0.15, 0.2) is 4.96 Å². The Morgan fingerprint density at radius 1 is 1.33 bits per heavy atom. The van der Waals surface area contributed by atoms with Crippen LogP contribution in [0.5, 0.6) is 0 Å². The van der Waals surface area contributed by atoms with Crippen molar-refractivity contribution in [1.82, 2.24) is 14.4 Å². The van der Waals surface area contributed by atoms with Gasteiger partial charge in [-0.2, -0.15) is 0 Å². The summed E-state index contributed by atoms with van der Waals surface area (Å²) >= 11 is 5.09. The summed E-state index contributed by atoms with van der Waals surface area (Å²) in [6, 6.07) is 8.21. The summed E-state index contributed by atoms with van der Waals surface area (Å²) in [6.45, 7) is 0.686. The van der Waals surface area contributed by atoms with Crippen LogP contribution in [0.1, 0.15) is 5.69 Å². The maximum absolute atomic E-state index is 4.57. The van der Waals surface area contributed by atoms with Crippen molar-refractivity contribution < 1.29 is 0 Å². The number of aromatic nitrogens is 3. The number of thiazole rings is 1. The molecule has 0 unspecified atom stereocenters. The minimum atomic E-state index is 0.686. The summed E-state index contributed by atoms with van der Waals surface area (Å²) in [6.07, 6.45) is 5.89. The molecule has 6 heteroatoms. The number of hydrogen-bond acceptors (Lipinski definition) is 4. The van der Waals surface area contributed by atoms with Crippen LogP contribution in [0.3, 0.4) is 0 Å². The lowest BCUT2D eigenvalue weighted by atomic mass is 10.2. The van der Waals surface area contributed by atoms with Gasteiger partial charge >= 0.3 is 0 Å². The van der Waals surface area contributed by atoms with Crippen LogP contribution in [-0.4, -0.2) is 14.4 Å². The SMILES string of the molecule is Brc1cnc2c(NCc3cn4ccsc4n3)cccc2c1. The second kappa shape index (κ2) is 5.13. The Hall–Kier alpha value is -1.92. The van der Waals surface area contributed by atoms with Gasteiger partial charge in [-0.25, -0.2) is 4.98 Å². The van der Waals surface area contributed by atoms with Crippen molar-refractivity contribution >= 4 is 48.8 Å². The Labute approximate surface area is 133 Å². The van der Waals surface area contributed by atoms with Crippen molar-refractivity contribution in [3.05, 3.63) is 58.4 Å². The Morgan fingerprint density at radius 2 is 2.29 bits per heavy atom. The van der Waals surface area contributed by atoms with Crippen molar-refractivity contribution in [2.45, 2.75) is 6.54 Å². The topological polar surface area (TPSA) is 42.2 Å². The van der Waals surface area contributed by atoms with Crippen molar-refractivity contribution in [3.8, 4) is 0 Å². The zero-order valence-electron chi connectivity index (χ0n) is 11.0. The predicted octanol–water partition coefficient (Wildman–Crippen LogP) is 4.32. The average molecular weight is 359 g/mol. The van der Waals surface area contributed by atoms with Gasteiger partial charge in [0.25, 0.3) is 0 Å². The van der Waals surface area contributed by atoms with E-state index >= 15 is 0 Å². The Morgan fingerprint density at radius 3 is 3.19 bits per heavy atom. The lowest BCUT2D eigenvalue weighted by Gasteiger charge is -2.08. The molecule has 1 aromatic carbocycles. The van der Waals surface area contributed by atoms with E-state index in [0.717, 1.165) is 31.7 Å². The number of fused-ring (bicyclic) bond motifs is 2. The molecule has 0 saturated heterocycles. The third-order valence-corrected chi connectivity index (χ3v) is 4.49. The molecule has 0 aliphatic rings. The lowest BCUT2D eigenvalue weighted by Crippen LogP contribution is -2.00. The molecule has 4 aromatic rings. The molecule has 0 spiro atoms. The molecular formula is C15H11BrN4S. The molecule has 0 amide bonds. The highest BCUT2D eigenvalue weighted by Crippen LogP contribution is 2.24. The number of para-hydroxylation sites is 1. The molecule has 0 atom stereocenters. The van der Waals surface area contributed by atoms with Crippen LogP contribution < -0.4 is 5.32 Å². The minimum absolute atomic E-state index is 0.686. The summed E-state index contributed by atoms with van der Waals surface area (Å²) in [5.74, 6) is 0. The first-order valence-corrected chi connectivity index (χ1v) is 8.16. The summed E-state index contributed by atoms with van der Waals surface area (Å²) in [5.41, 5.74) is 3.02. The van der Waals surface area contributed by atoms with E-state index in [2.05, 4.69) is 43.3 Å². The monoisotopic (exact) mass is 358 g/mol. The van der Waals surface area contributed by atoms with Crippen LogP contribution in [0.25, 0.3) is 15.9 Å². The number of hydrogen-bond donors (Lipinski definition) is 1. The van der Waals surface area contributed by atoms with E-state index in [1.54, 1.807) is 11.3 Å². The quantitative estimate of drug-likeness (QED) is 0.592. The Kier molecular flexibility index (Phi) is 3.12. The molecule has 3 aromatic heterocycles. The first-order chi connectivity index (χ1) is 10.3. The van der Waals surface area contributed by atoms with Crippen LogP contribution >= 0.6 is 27.3 Å². The molecule has 104 valence electrons. The standard InChI is InChI=1S/C15H11BrN4S/c16-11-6-10-2-1-3-13(14(10)18-7-11)17-8-12-9-20-4-5-21-15(20)19-12/h1-7,9,17H,8H2. The number of anilines is 1. The van der Waals surface area contributed by atoms with Crippen LogP contribution in [0.2, 0.25) is 0 Å². The van der Waals surface area contributed by atoms with E-state index < -0.39 is 0 Å². The molecule has 0 saturated carbocycles. The van der Waals surface area contributed by atoms with Gasteiger partial charge in [0.1, 0.15) is 0 Å². The Balaban J connectivity index is 1.63. The van der Waals surface area contributed by atoms with Gasteiger partial charge in [-0.05, 0) is 28.1 Å². The smallest absolute Gasteiger partial charge is 0.193 e. The van der Waals surface area contributed by atoms with Gasteiger partial charge in [-0.15, -0.1) is 11.3 Å². The van der Waals surface area contributed by atoms with E-state index in [9.17, 15) is 0 Å². The van der Waals surface area contributed by atoms with Gasteiger partial charge < -0.3 is 5.32 Å². The van der Waals surface area contributed by atoms with E-state index in [1.807, 2.05) is 40.5 Å². The number of rotatable bonds is 3. The molecule has 4 nitrogen and oxygen atoms in total. The zero-order valence-corrected chi connectivity index (χ0v) is 13.4. The second-order valence-corrected chi connectivity index (χ2v) is 6.50. The second-order valence-electron chi connectivity index (χ2n) is 4.71. The Bertz CT molecular complexity index is 899. The fourth-order valence-electron chi connectivity index (χ4n) is 2.32. The van der Waals surface area contributed by atoms with E-state index in [1.165, 1.54) is 0 Å². The molecule has 3 heterocycles. The van der Waals surface area contributed by atoms with E-state index in [4.69, 9.17) is 0 Å². The molecule has 0 aliphatic carbocycles. The fourth-order valence-corrected chi connectivity index (χ4v) is 3.39. The van der Waals surface area contributed by atoms with Crippen molar-refractivity contribution in [2.75, 3.05) is 5.32 Å². The number of nitrogens with one attached hydrogen (secondary N) is 1. The molecule has 0 radical (unpaired) electrons. The van der Waals surface area contributed by atoms with E-state index in [-0.39, 0.29) is 0 Å². The maximum Gasteiger partial charge on any atom is 0.193 e. The molecular weight excluding hydrogens is 348 g/mol. The molecule has 0 aliphatic heterocycles. The van der Waals surface area contributed by atoms with Crippen molar-refractivity contribution in [3.63, 3.8) is 0 Å². The number of halogens is 1. The molecule has 0 bridgehead atoms. The van der Waals surface area contributed by atoms with Gasteiger partial charge in [-0.3, -0.25) is 9.38 Å². The first-order valence-electron chi connectivity index (χ1n) is 6.49. The first kappa shape index (κ1) is 12.8. The van der Waals surface area contributed by atoms with E-state index in [0.29, 0.717) is 6.54 Å². The fraction of sp³-hybridized carbons (Fsp3) is 0.0667. The zero-order chi connectivity index (χ0) is 14.2. The summed E-state index contributed by atoms with van der Waals surface area (Å²) in [4.78, 5) is 10.1. The van der Waals surface area contributed by atoms with Crippen molar-refractivity contribution in [2.24, 2.45) is 0 Å². The van der Waals surface area contributed by atoms with Crippen LogP contribution in [0, 0.1) is 0 Å². The summed E-state index contributed by atoms with van der Waals surface area (Å²) < 4.78 is 3.03. The van der Waals surface area contributed by atoms with Crippen LogP contribution in [0.4, 0.5) is 5.69 Å². The molecule has 0 fully saturated rings. The van der Waals surface area contributed by atoms with Crippen molar-refractivity contribution in [1.29, 1.82) is 0 Å². The van der Waals surface area contributed by atoms with Crippen LogP contribution in [0.15, 0.2) is 52.7 Å². The summed E-state index contributed by atoms with van der Waals surface area (Å²) in [5, 5.41) is 6.57. The molecule has 4 rings (SSSR count). The van der Waals surface area contributed by atoms with Crippen LogP contribution in [-0.2, 0) is 6.54 Å². The predicted molar refractivity (Wildman–Crippen MR) is 89.8 cm³/mol. The normalized spacial score (nSPS) is 11.3. The lowest BCUT2D eigenvalue weighted by molar-refractivity contribution is 1.08. The van der Waals surface area contributed by atoms with Gasteiger partial charge in [0, 0.05) is 33.8 Å². The largest absolute Gasteiger partial charge is 0.378 e. The molecule has 1 N–H and O–H groups in total. The number of nitrogens with zero attached hydrogens (tertiary/aromatic N) is 3. The summed E-state index contributed by atoms with van der Waals surface area (Å²) in [7, 11) is 0. The maximum atomic E-state index is 4.57. The van der Waals surface area contributed by atoms with Gasteiger partial charge in [0.2, 0.25) is 0 Å². The molecule has 21 heavy (non-hydrogen) atoms. The number of pyridine rings is 1. The highest BCUT2D eigenvalue weighted by Gasteiger charge is 2.05. The van der Waals surface area contributed by atoms with Gasteiger partial charge in [0.05, 0.1) is 23.4 Å². The third kappa shape index (κ3) is 2.41. The van der Waals surface area contributed by atoms with Gasteiger partial charge in [-0.1, -0.05) is 12.1 Å². The minimum Gasteiger partial charge on any atom is -0.378 e. The number of benzene rings is 1. The average Bonchev–Trinajstić information content (AvgIpc) is 3.05. The highest BCUT2D eigenvalue weighted by atomic mass is 79.9. The highest BCUT2D eigenvalue weighted by molar-refractivity contribution is 9.10.